The predicted molar refractivity (Wildman–Crippen MR) is 255 cm³/mol. The summed E-state index contributed by atoms with van der Waals surface area (Å²) in [5, 5.41) is 2.13. The summed E-state index contributed by atoms with van der Waals surface area (Å²) >= 11 is 0. The number of hydrogen-bond donors (Lipinski definition) is 0. The van der Waals surface area contributed by atoms with E-state index < -0.39 is 60.4 Å². The smallest absolute Gasteiger partial charge is 0.269 e. The molecule has 10 rings (SSSR count). The average Bonchev–Trinajstić information content (AvgIpc) is 3.89. The third-order valence-corrected chi connectivity index (χ3v) is 11.1. The fourth-order valence-electron chi connectivity index (χ4n) is 8.28. The van der Waals surface area contributed by atoms with Gasteiger partial charge >= 0.3 is 0 Å². The molecule has 0 saturated carbocycles. The molecule has 0 aliphatic carbocycles. The minimum absolute atomic E-state index is 0.0907. The molecule has 304 valence electrons. The second kappa shape index (κ2) is 15.3. The second-order valence-electron chi connectivity index (χ2n) is 17.8. The predicted octanol–water partition coefficient (Wildman–Crippen LogP) is 14.2. The van der Waals surface area contributed by atoms with Crippen LogP contribution in [0.5, 0.6) is 11.5 Å². The standard InChI is InChI=1S/C57H50N4O/c1-56(2,3)37-39-27-30-51-53(33-39)60(55-46(40-17-9-7-10-18-40)24-16-25-47(55)41-19-11-8-12-20-41)38-59(51)43-21-15-22-44(35-43)62-45-28-29-49-48-23-13-14-26-50(48)61(52(49)36-45)54-34-42(31-32-58-54)57(4,5)6/h7-36H,37H2,1-6H3/i7D,8D,9D,10D,11D,12D,17D,18D,19D,20D. The lowest BCUT2D eigenvalue weighted by Gasteiger charge is -2.20. The van der Waals surface area contributed by atoms with E-state index in [2.05, 4.69) is 82.8 Å². The van der Waals surface area contributed by atoms with Gasteiger partial charge in [-0.2, -0.15) is 0 Å². The van der Waals surface area contributed by atoms with E-state index >= 15 is 0 Å². The Bertz CT molecular complexity index is 3720. The van der Waals surface area contributed by atoms with Gasteiger partial charge in [-0.1, -0.05) is 162 Å². The molecule has 0 fully saturated rings. The van der Waals surface area contributed by atoms with Gasteiger partial charge in [-0.05, 0) is 99.7 Å². The number of para-hydroxylation sites is 2. The van der Waals surface area contributed by atoms with Crippen LogP contribution in [0.4, 0.5) is 0 Å². The third-order valence-electron chi connectivity index (χ3n) is 11.1. The van der Waals surface area contributed by atoms with Crippen molar-refractivity contribution >= 4 is 32.8 Å². The topological polar surface area (TPSA) is 35.9 Å². The van der Waals surface area contributed by atoms with Crippen molar-refractivity contribution < 1.29 is 23.0 Å². The summed E-state index contributed by atoms with van der Waals surface area (Å²) in [4.78, 5) is 4.84. The Balaban J connectivity index is 1.19. The molecular weight excluding hydrogens is 757 g/mol. The summed E-state index contributed by atoms with van der Waals surface area (Å²) in [5.41, 5.74) is 6.06. The summed E-state index contributed by atoms with van der Waals surface area (Å²) < 4.78 is 100. The molecule has 0 aliphatic rings. The molecule has 0 bridgehead atoms. The maximum absolute atomic E-state index is 9.12. The fraction of sp³-hybridized carbons (Fsp3) is 0.158. The molecule has 10 aromatic rings. The summed E-state index contributed by atoms with van der Waals surface area (Å²) in [7, 11) is 0. The zero-order chi connectivity index (χ0) is 51.3. The number of aromatic nitrogens is 4. The number of hydrogen-bond acceptors (Lipinski definition) is 2. The molecule has 5 nitrogen and oxygen atoms in total. The quantitative estimate of drug-likeness (QED) is 0.113. The highest BCUT2D eigenvalue weighted by Gasteiger charge is 2.22. The Morgan fingerprint density at radius 2 is 1.31 bits per heavy atom. The van der Waals surface area contributed by atoms with Crippen LogP contribution in [0.15, 0.2) is 182 Å². The molecule has 0 atom stereocenters. The van der Waals surface area contributed by atoms with Gasteiger partial charge in [-0.15, -0.1) is 0 Å². The molecule has 0 unspecified atom stereocenters. The minimum atomic E-state index is -0.563. The van der Waals surface area contributed by atoms with Crippen LogP contribution in [-0.2, 0) is 11.8 Å². The average molecular weight is 817 g/mol. The molecular formula is C57H50N4O. The normalized spacial score (nSPS) is 14.4. The number of imidazole rings is 1. The van der Waals surface area contributed by atoms with Crippen molar-refractivity contribution in [1.82, 2.24) is 14.1 Å². The number of ether oxygens (including phenoxy) is 1. The SMILES string of the molecule is [2H]c1c([2H])c([2H])c(-c2cccc(-c3c([2H])c([2H])c([2H])c([2H])c3[2H])c2-[n+]2[c-]n(-c3cccc(Oc4ccc5c6ccccc6n(-c6cc(C(C)(C)C)ccn6)c5c4)c3)c3ccc(CC(C)(C)C)cc32)c([2H])c1[2H]. The Morgan fingerprint density at radius 3 is 2.02 bits per heavy atom. The van der Waals surface area contributed by atoms with Gasteiger partial charge in [-0.25, -0.2) is 4.98 Å². The maximum Gasteiger partial charge on any atom is 0.269 e. The Kier molecular flexibility index (Phi) is 7.20. The number of rotatable bonds is 8. The number of fused-ring (bicyclic) bond motifs is 4. The zero-order valence-corrected chi connectivity index (χ0v) is 35.5. The number of nitrogens with zero attached hydrogens (tertiary/aromatic N) is 4. The van der Waals surface area contributed by atoms with Crippen molar-refractivity contribution in [3.05, 3.63) is 199 Å². The van der Waals surface area contributed by atoms with Crippen LogP contribution in [0.2, 0.25) is 0 Å². The van der Waals surface area contributed by atoms with Crippen LogP contribution in [0.3, 0.4) is 0 Å². The lowest BCUT2D eigenvalue weighted by molar-refractivity contribution is -0.571. The van der Waals surface area contributed by atoms with Gasteiger partial charge in [0.05, 0.1) is 47.1 Å². The van der Waals surface area contributed by atoms with Crippen LogP contribution in [0.25, 0.3) is 72.3 Å². The lowest BCUT2D eigenvalue weighted by Crippen LogP contribution is -2.31. The summed E-state index contributed by atoms with van der Waals surface area (Å²) in [6.07, 6.45) is 6.06. The zero-order valence-electron chi connectivity index (χ0n) is 45.5. The molecule has 3 aromatic heterocycles. The van der Waals surface area contributed by atoms with Crippen molar-refractivity contribution in [3.8, 4) is 50.9 Å². The van der Waals surface area contributed by atoms with Crippen molar-refractivity contribution in [3.63, 3.8) is 0 Å². The van der Waals surface area contributed by atoms with E-state index in [1.165, 1.54) is 0 Å². The monoisotopic (exact) mass is 816 g/mol. The van der Waals surface area contributed by atoms with Crippen LogP contribution >= 0.6 is 0 Å². The lowest BCUT2D eigenvalue weighted by atomic mass is 9.88. The molecule has 0 N–H and O–H groups in total. The Morgan fingerprint density at radius 1 is 0.629 bits per heavy atom. The van der Waals surface area contributed by atoms with Gasteiger partial charge in [0.25, 0.3) is 6.33 Å². The van der Waals surface area contributed by atoms with Gasteiger partial charge in [0, 0.05) is 23.0 Å². The maximum atomic E-state index is 9.12. The van der Waals surface area contributed by atoms with Crippen molar-refractivity contribution in [2.75, 3.05) is 0 Å². The molecule has 0 radical (unpaired) electrons. The van der Waals surface area contributed by atoms with Crippen LogP contribution in [-0.4, -0.2) is 14.1 Å². The number of pyridine rings is 1. The van der Waals surface area contributed by atoms with Gasteiger partial charge in [0.2, 0.25) is 0 Å². The molecule has 0 aliphatic heterocycles. The minimum Gasteiger partial charge on any atom is -0.458 e. The fourth-order valence-corrected chi connectivity index (χ4v) is 8.28. The van der Waals surface area contributed by atoms with E-state index in [9.17, 15) is 0 Å². The first-order chi connectivity index (χ1) is 34.1. The van der Waals surface area contributed by atoms with E-state index in [0.29, 0.717) is 34.6 Å². The highest BCUT2D eigenvalue weighted by molar-refractivity contribution is 6.09. The van der Waals surface area contributed by atoms with Gasteiger partial charge in [-0.3, -0.25) is 13.7 Å². The first kappa shape index (κ1) is 29.1. The van der Waals surface area contributed by atoms with E-state index in [4.69, 9.17) is 23.4 Å². The first-order valence-electron chi connectivity index (χ1n) is 25.7. The second-order valence-corrected chi connectivity index (χ2v) is 17.8. The van der Waals surface area contributed by atoms with E-state index in [1.54, 1.807) is 22.8 Å². The Hall–Kier alpha value is -7.24. The number of benzene rings is 7. The van der Waals surface area contributed by atoms with Crippen LogP contribution < -0.4 is 9.30 Å². The molecule has 3 heterocycles. The van der Waals surface area contributed by atoms with E-state index in [-0.39, 0.29) is 38.8 Å². The highest BCUT2D eigenvalue weighted by atomic mass is 16.5. The van der Waals surface area contributed by atoms with E-state index in [1.807, 2.05) is 77.5 Å². The largest absolute Gasteiger partial charge is 0.458 e. The van der Waals surface area contributed by atoms with Gasteiger partial charge in [0.1, 0.15) is 17.3 Å². The molecule has 0 amide bonds. The van der Waals surface area contributed by atoms with Crippen LogP contribution in [0.1, 0.15) is 66.4 Å². The van der Waals surface area contributed by atoms with Crippen LogP contribution in [0, 0.1) is 11.7 Å². The molecule has 7 aromatic carbocycles. The highest BCUT2D eigenvalue weighted by Crippen LogP contribution is 2.38. The molecule has 0 spiro atoms. The van der Waals surface area contributed by atoms with E-state index in [0.717, 1.165) is 38.8 Å². The molecule has 5 heteroatoms. The van der Waals surface area contributed by atoms with Crippen molar-refractivity contribution in [2.24, 2.45) is 5.41 Å². The molecule has 0 saturated heterocycles. The van der Waals surface area contributed by atoms with Gasteiger partial charge < -0.3 is 4.74 Å². The van der Waals surface area contributed by atoms with Crippen molar-refractivity contribution in [2.45, 2.75) is 53.4 Å². The van der Waals surface area contributed by atoms with Gasteiger partial charge in [0.15, 0.2) is 0 Å². The summed E-state index contributed by atoms with van der Waals surface area (Å²) in [5.74, 6) is 1.91. The third kappa shape index (κ3) is 7.34. The molecule has 62 heavy (non-hydrogen) atoms. The van der Waals surface area contributed by atoms with Crippen molar-refractivity contribution in [1.29, 1.82) is 0 Å². The Labute approximate surface area is 378 Å². The summed E-state index contributed by atoms with van der Waals surface area (Å²) in [6, 6.07) is 31.7. The first-order valence-corrected chi connectivity index (χ1v) is 20.7. The summed E-state index contributed by atoms with van der Waals surface area (Å²) in [6.45, 7) is 13.0.